The van der Waals surface area contributed by atoms with E-state index in [9.17, 15) is 8.42 Å². The molecular weight excluding hydrogens is 342 g/mol. The summed E-state index contributed by atoms with van der Waals surface area (Å²) >= 11 is 1.58. The minimum atomic E-state index is -3.28. The fourth-order valence-corrected chi connectivity index (χ4v) is 4.24. The first kappa shape index (κ1) is 16.9. The maximum atomic E-state index is 12.1. The molecular formula is C17H19N3O2S2. The van der Waals surface area contributed by atoms with Crippen LogP contribution in [0.4, 0.5) is 0 Å². The van der Waals surface area contributed by atoms with E-state index in [2.05, 4.69) is 9.71 Å². The number of nitrogens with zero attached hydrogens (tertiary/aromatic N) is 2. The van der Waals surface area contributed by atoms with Gasteiger partial charge in [0, 0.05) is 30.4 Å². The van der Waals surface area contributed by atoms with E-state index in [1.54, 1.807) is 23.9 Å². The van der Waals surface area contributed by atoms with Crippen molar-refractivity contribution >= 4 is 21.4 Å². The number of benzene rings is 1. The first-order chi connectivity index (χ1) is 11.6. The van der Waals surface area contributed by atoms with Gasteiger partial charge in [-0.05, 0) is 29.0 Å². The molecule has 7 heteroatoms. The van der Waals surface area contributed by atoms with Crippen LogP contribution in [0, 0.1) is 0 Å². The van der Waals surface area contributed by atoms with Crippen LogP contribution >= 0.6 is 11.3 Å². The molecule has 0 spiro atoms. The normalized spacial score (nSPS) is 11.7. The van der Waals surface area contributed by atoms with Gasteiger partial charge >= 0.3 is 0 Å². The maximum Gasteiger partial charge on any atom is 0.212 e. The van der Waals surface area contributed by atoms with Gasteiger partial charge in [-0.15, -0.1) is 11.3 Å². The van der Waals surface area contributed by atoms with Crippen LogP contribution in [0.15, 0.2) is 60.5 Å². The maximum absolute atomic E-state index is 12.1. The molecule has 2 heterocycles. The molecule has 1 N–H and O–H groups in total. The van der Waals surface area contributed by atoms with Gasteiger partial charge in [0.15, 0.2) is 0 Å². The highest BCUT2D eigenvalue weighted by Crippen LogP contribution is 2.11. The molecule has 126 valence electrons. The molecule has 0 aliphatic rings. The van der Waals surface area contributed by atoms with Crippen molar-refractivity contribution in [1.29, 1.82) is 0 Å². The second-order valence-corrected chi connectivity index (χ2v) is 8.48. The third-order valence-corrected chi connectivity index (χ3v) is 5.87. The molecule has 3 aromatic rings. The Kier molecular flexibility index (Phi) is 5.44. The summed E-state index contributed by atoms with van der Waals surface area (Å²) in [7, 11) is -3.28. The molecule has 0 saturated carbocycles. The van der Waals surface area contributed by atoms with E-state index in [-0.39, 0.29) is 5.75 Å². The Balaban J connectivity index is 1.55. The quantitative estimate of drug-likeness (QED) is 0.671. The van der Waals surface area contributed by atoms with Crippen molar-refractivity contribution in [2.24, 2.45) is 0 Å². The summed E-state index contributed by atoms with van der Waals surface area (Å²) < 4.78 is 28.9. The summed E-state index contributed by atoms with van der Waals surface area (Å²) in [4.78, 5) is 5.11. The molecule has 24 heavy (non-hydrogen) atoms. The van der Waals surface area contributed by atoms with Crippen molar-refractivity contribution in [3.05, 3.63) is 76.5 Å². The number of thiophene rings is 1. The smallest absolute Gasteiger partial charge is 0.212 e. The molecule has 1 aromatic carbocycles. The first-order valence-corrected chi connectivity index (χ1v) is 10.2. The predicted octanol–water partition coefficient (Wildman–Crippen LogP) is 2.66. The Bertz CT molecular complexity index is 857. The summed E-state index contributed by atoms with van der Waals surface area (Å²) in [6.45, 7) is 1.03. The van der Waals surface area contributed by atoms with Crippen molar-refractivity contribution in [3.8, 4) is 0 Å². The van der Waals surface area contributed by atoms with Crippen molar-refractivity contribution < 1.29 is 8.42 Å². The highest BCUT2D eigenvalue weighted by molar-refractivity contribution is 7.89. The minimum absolute atomic E-state index is 0.113. The summed E-state index contributed by atoms with van der Waals surface area (Å²) in [6.07, 6.45) is 5.96. The number of sulfonamides is 1. The molecule has 0 bridgehead atoms. The third kappa shape index (κ3) is 5.02. The van der Waals surface area contributed by atoms with Gasteiger partial charge in [0.05, 0.1) is 12.1 Å². The van der Waals surface area contributed by atoms with Crippen molar-refractivity contribution in [2.45, 2.75) is 19.5 Å². The zero-order chi connectivity index (χ0) is 16.8. The molecule has 0 fully saturated rings. The van der Waals surface area contributed by atoms with E-state index in [1.165, 1.54) is 0 Å². The zero-order valence-electron chi connectivity index (χ0n) is 13.1. The molecule has 0 saturated heterocycles. The summed E-state index contributed by atoms with van der Waals surface area (Å²) in [5.41, 5.74) is 2.07. The van der Waals surface area contributed by atoms with Gasteiger partial charge < -0.3 is 4.57 Å². The molecule has 0 atom stereocenters. The number of hydrogen-bond donors (Lipinski definition) is 1. The molecule has 0 radical (unpaired) electrons. The van der Waals surface area contributed by atoms with Crippen LogP contribution in [-0.2, 0) is 29.5 Å². The van der Waals surface area contributed by atoms with Gasteiger partial charge in [-0.1, -0.05) is 30.3 Å². The van der Waals surface area contributed by atoms with Crippen molar-refractivity contribution in [2.75, 3.05) is 5.75 Å². The fourth-order valence-electron chi connectivity index (χ4n) is 2.38. The van der Waals surface area contributed by atoms with E-state index in [1.807, 2.05) is 52.5 Å². The molecule has 5 nitrogen and oxygen atoms in total. The van der Waals surface area contributed by atoms with Crippen molar-refractivity contribution in [1.82, 2.24) is 14.3 Å². The molecule has 0 aliphatic carbocycles. The van der Waals surface area contributed by atoms with Gasteiger partial charge in [0.2, 0.25) is 10.0 Å². The Labute approximate surface area is 146 Å². The standard InChI is InChI=1S/C17H19N3O2S2/c21-24(22,10-6-17-5-2-9-23-17)19-12-15-3-1-4-16(11-15)13-20-8-7-18-14-20/h1-5,7-9,11,14,19H,6,10,12-13H2. The van der Waals surface area contributed by atoms with Crippen LogP contribution in [0.5, 0.6) is 0 Å². The first-order valence-electron chi connectivity index (χ1n) is 7.64. The Morgan fingerprint density at radius 2 is 2.04 bits per heavy atom. The lowest BCUT2D eigenvalue weighted by Gasteiger charge is -2.08. The summed E-state index contributed by atoms with van der Waals surface area (Å²) in [5.74, 6) is 0.113. The number of aromatic nitrogens is 2. The Morgan fingerprint density at radius 3 is 2.79 bits per heavy atom. The SMILES string of the molecule is O=S(=O)(CCc1cccs1)NCc1cccc(Cn2ccnc2)c1. The molecule has 0 unspecified atom stereocenters. The fraction of sp³-hybridized carbons (Fsp3) is 0.235. The largest absolute Gasteiger partial charge is 0.333 e. The van der Waals surface area contributed by atoms with Gasteiger partial charge in [0.25, 0.3) is 0 Å². The number of rotatable bonds is 8. The lowest BCUT2D eigenvalue weighted by atomic mass is 10.1. The van der Waals surface area contributed by atoms with Gasteiger partial charge in [-0.2, -0.15) is 0 Å². The number of nitrogens with one attached hydrogen (secondary N) is 1. The number of imidazole rings is 1. The summed E-state index contributed by atoms with van der Waals surface area (Å²) in [6, 6.07) is 11.8. The average Bonchev–Trinajstić information content (AvgIpc) is 3.25. The lowest BCUT2D eigenvalue weighted by molar-refractivity contribution is 0.580. The van der Waals surface area contributed by atoms with Crippen LogP contribution in [0.1, 0.15) is 16.0 Å². The van der Waals surface area contributed by atoms with Gasteiger partial charge in [-0.3, -0.25) is 0 Å². The lowest BCUT2D eigenvalue weighted by Crippen LogP contribution is -2.26. The predicted molar refractivity (Wildman–Crippen MR) is 96.4 cm³/mol. The van der Waals surface area contributed by atoms with Gasteiger partial charge in [0.1, 0.15) is 0 Å². The monoisotopic (exact) mass is 361 g/mol. The number of hydrogen-bond acceptors (Lipinski definition) is 4. The topological polar surface area (TPSA) is 64.0 Å². The second kappa shape index (κ2) is 7.74. The minimum Gasteiger partial charge on any atom is -0.333 e. The van der Waals surface area contributed by atoms with E-state index in [0.29, 0.717) is 13.0 Å². The highest BCUT2D eigenvalue weighted by atomic mass is 32.2. The summed E-state index contributed by atoms with van der Waals surface area (Å²) in [5, 5.41) is 1.96. The Hall–Kier alpha value is -1.96. The van der Waals surface area contributed by atoms with E-state index < -0.39 is 10.0 Å². The average molecular weight is 361 g/mol. The van der Waals surface area contributed by atoms with E-state index in [4.69, 9.17) is 0 Å². The van der Waals surface area contributed by atoms with Crippen molar-refractivity contribution in [3.63, 3.8) is 0 Å². The van der Waals surface area contributed by atoms with E-state index >= 15 is 0 Å². The molecule has 2 aromatic heterocycles. The highest BCUT2D eigenvalue weighted by Gasteiger charge is 2.11. The number of aryl methyl sites for hydroxylation is 1. The van der Waals surface area contributed by atoms with Gasteiger partial charge in [-0.25, -0.2) is 18.1 Å². The Morgan fingerprint density at radius 1 is 1.17 bits per heavy atom. The molecule has 0 aliphatic heterocycles. The molecule has 0 amide bonds. The second-order valence-electron chi connectivity index (χ2n) is 5.52. The molecule has 3 rings (SSSR count). The van der Waals surface area contributed by atoms with Crippen LogP contribution in [0.3, 0.4) is 0 Å². The van der Waals surface area contributed by atoms with Crippen LogP contribution in [-0.4, -0.2) is 23.7 Å². The third-order valence-electron chi connectivity index (χ3n) is 3.61. The zero-order valence-corrected chi connectivity index (χ0v) is 14.8. The van der Waals surface area contributed by atoms with Crippen LogP contribution < -0.4 is 4.72 Å². The van der Waals surface area contributed by atoms with Crippen LogP contribution in [0.2, 0.25) is 0 Å². The van der Waals surface area contributed by atoms with E-state index in [0.717, 1.165) is 22.5 Å². The van der Waals surface area contributed by atoms with Crippen LogP contribution in [0.25, 0.3) is 0 Å².